The summed E-state index contributed by atoms with van der Waals surface area (Å²) in [5, 5.41) is 0. The molecule has 0 aliphatic heterocycles. The van der Waals surface area contributed by atoms with Gasteiger partial charge in [0, 0.05) is 20.1 Å². The average Bonchev–Trinajstić information content (AvgIpc) is 2.12. The number of hydrogen-bond acceptors (Lipinski definition) is 3. The quantitative estimate of drug-likeness (QED) is 0.261. The molecule has 76 valence electrons. The Kier molecular flexibility index (Phi) is 6.84. The van der Waals surface area contributed by atoms with Crippen LogP contribution in [0.1, 0.15) is 0 Å². The van der Waals surface area contributed by atoms with E-state index in [1.165, 1.54) is 6.08 Å². The second kappa shape index (κ2) is 7.39. The Bertz CT molecular complexity index is 224. The van der Waals surface area contributed by atoms with Crippen LogP contribution >= 0.6 is 0 Å². The molecule has 2 radical (unpaired) electrons. The smallest absolute Gasteiger partial charge is 0.142 e. The van der Waals surface area contributed by atoms with Crippen LogP contribution in [0, 0.1) is 0 Å². The van der Waals surface area contributed by atoms with Crippen LogP contribution in [0.25, 0.3) is 0 Å². The molecule has 0 aliphatic rings. The van der Waals surface area contributed by atoms with Crippen LogP contribution in [-0.4, -0.2) is 58.2 Å². The average molecular weight is 192 g/mol. The molecule has 0 amide bonds. The van der Waals surface area contributed by atoms with Crippen molar-refractivity contribution in [3.05, 3.63) is 23.8 Å². The van der Waals surface area contributed by atoms with Crippen LogP contribution in [0.15, 0.2) is 23.8 Å². The van der Waals surface area contributed by atoms with Gasteiger partial charge in [-0.1, -0.05) is 11.5 Å². The lowest BCUT2D eigenvalue weighted by molar-refractivity contribution is -0.104. The third-order valence-corrected chi connectivity index (χ3v) is 1.68. The molecule has 0 saturated carbocycles. The highest BCUT2D eigenvalue weighted by atomic mass is 16.1. The van der Waals surface area contributed by atoms with E-state index >= 15 is 0 Å². The summed E-state index contributed by atoms with van der Waals surface area (Å²) < 4.78 is 0. The van der Waals surface area contributed by atoms with E-state index in [-0.39, 0.29) is 0 Å². The molecule has 0 aromatic heterocycles. The first-order chi connectivity index (χ1) is 6.56. The lowest BCUT2D eigenvalue weighted by Gasteiger charge is -2.17. The predicted octanol–water partition coefficient (Wildman–Crippen LogP) is 0.245. The van der Waals surface area contributed by atoms with Gasteiger partial charge in [0.15, 0.2) is 0 Å². The first kappa shape index (κ1) is 13.0. The van der Waals surface area contributed by atoms with Crippen LogP contribution in [0.5, 0.6) is 0 Å². The number of hydrogen-bond donors (Lipinski definition) is 0. The van der Waals surface area contributed by atoms with Crippen LogP contribution in [0.4, 0.5) is 0 Å². The van der Waals surface area contributed by atoms with Gasteiger partial charge in [0.2, 0.25) is 0 Å². The van der Waals surface area contributed by atoms with E-state index in [1.807, 2.05) is 32.2 Å². The lowest BCUT2D eigenvalue weighted by atomic mass is 9.96. The summed E-state index contributed by atoms with van der Waals surface area (Å²) >= 11 is 0. The van der Waals surface area contributed by atoms with Gasteiger partial charge in [-0.3, -0.25) is 4.79 Å². The summed E-state index contributed by atoms with van der Waals surface area (Å²) in [4.78, 5) is 14.2. The minimum atomic E-state index is 0.469. The van der Waals surface area contributed by atoms with Gasteiger partial charge >= 0.3 is 0 Å². The molecular formula is C10H17BN2O. The summed E-state index contributed by atoms with van der Waals surface area (Å²) in [7, 11) is 11.5. The van der Waals surface area contributed by atoms with Gasteiger partial charge in [0.05, 0.1) is 0 Å². The third kappa shape index (κ3) is 7.62. The molecule has 0 atom stereocenters. The first-order valence-corrected chi connectivity index (χ1v) is 4.50. The second-order valence-electron chi connectivity index (χ2n) is 3.40. The monoisotopic (exact) mass is 192 g/mol. The van der Waals surface area contributed by atoms with E-state index in [0.29, 0.717) is 11.8 Å². The minimum Gasteiger partial charge on any atom is -0.379 e. The Morgan fingerprint density at radius 2 is 1.93 bits per heavy atom. The molecule has 0 spiro atoms. The molecule has 0 saturated heterocycles. The fourth-order valence-electron chi connectivity index (χ4n) is 0.780. The van der Waals surface area contributed by atoms with Crippen molar-refractivity contribution in [1.82, 2.24) is 9.80 Å². The van der Waals surface area contributed by atoms with Crippen LogP contribution < -0.4 is 0 Å². The molecule has 0 aliphatic carbocycles. The normalized spacial score (nSPS) is 12.4. The number of allylic oxidation sites excluding steroid dienone is 3. The van der Waals surface area contributed by atoms with Crippen molar-refractivity contribution in [2.75, 3.05) is 34.2 Å². The van der Waals surface area contributed by atoms with Crippen LogP contribution in [0.3, 0.4) is 0 Å². The second-order valence-corrected chi connectivity index (χ2v) is 3.40. The molecule has 4 heteroatoms. The fraction of sp³-hybridized carbons (Fsp3) is 0.500. The van der Waals surface area contributed by atoms with E-state index < -0.39 is 0 Å². The summed E-state index contributed by atoms with van der Waals surface area (Å²) in [5.74, 6) is 0. The Labute approximate surface area is 87.5 Å². The Hall–Kier alpha value is -1.03. The molecular weight excluding hydrogens is 175 g/mol. The lowest BCUT2D eigenvalue weighted by Crippen LogP contribution is -2.25. The molecule has 3 nitrogen and oxygen atoms in total. The van der Waals surface area contributed by atoms with Crippen molar-refractivity contribution in [2.45, 2.75) is 0 Å². The predicted molar refractivity (Wildman–Crippen MR) is 60.2 cm³/mol. The fourth-order valence-corrected chi connectivity index (χ4v) is 0.780. The maximum atomic E-state index is 10.1. The van der Waals surface area contributed by atoms with Crippen molar-refractivity contribution in [2.24, 2.45) is 0 Å². The molecule has 0 bridgehead atoms. The number of nitrogens with zero attached hydrogens (tertiary/aromatic N) is 2. The molecule has 0 heterocycles. The van der Waals surface area contributed by atoms with Crippen LogP contribution in [-0.2, 0) is 4.79 Å². The van der Waals surface area contributed by atoms with Crippen LogP contribution in [0.2, 0.25) is 0 Å². The molecule has 0 N–H and O–H groups in total. The van der Waals surface area contributed by atoms with Gasteiger partial charge in [-0.15, -0.1) is 0 Å². The summed E-state index contributed by atoms with van der Waals surface area (Å²) in [6.45, 7) is 1.91. The first-order valence-electron chi connectivity index (χ1n) is 4.50. The van der Waals surface area contributed by atoms with Crippen molar-refractivity contribution in [1.29, 1.82) is 0 Å². The highest BCUT2D eigenvalue weighted by molar-refractivity contribution is 6.24. The van der Waals surface area contributed by atoms with Gasteiger partial charge in [-0.05, 0) is 26.4 Å². The largest absolute Gasteiger partial charge is 0.379 e. The zero-order chi connectivity index (χ0) is 11.0. The topological polar surface area (TPSA) is 23.6 Å². The SMILES string of the molecule is [B]C(/C=C\N(C)CCN(C)C)=C/C=O. The molecule has 0 aromatic carbocycles. The Morgan fingerprint density at radius 3 is 2.43 bits per heavy atom. The zero-order valence-electron chi connectivity index (χ0n) is 9.10. The Balaban J connectivity index is 3.86. The number of carbonyl (C=O) groups excluding carboxylic acids is 1. The van der Waals surface area contributed by atoms with Gasteiger partial charge < -0.3 is 9.80 Å². The molecule has 14 heavy (non-hydrogen) atoms. The van der Waals surface area contributed by atoms with E-state index in [9.17, 15) is 4.79 Å². The highest BCUT2D eigenvalue weighted by Crippen LogP contribution is 1.91. The molecule has 0 unspecified atom stereocenters. The van der Waals surface area contributed by atoms with Gasteiger partial charge in [0.25, 0.3) is 0 Å². The Morgan fingerprint density at radius 1 is 1.29 bits per heavy atom. The van der Waals surface area contributed by atoms with Crippen molar-refractivity contribution in [3.63, 3.8) is 0 Å². The van der Waals surface area contributed by atoms with Gasteiger partial charge in [-0.25, -0.2) is 0 Å². The van der Waals surface area contributed by atoms with E-state index in [1.54, 1.807) is 6.08 Å². The molecule has 0 aromatic rings. The van der Waals surface area contributed by atoms with Crippen molar-refractivity contribution < 1.29 is 4.79 Å². The zero-order valence-corrected chi connectivity index (χ0v) is 9.10. The highest BCUT2D eigenvalue weighted by Gasteiger charge is 1.92. The van der Waals surface area contributed by atoms with Gasteiger partial charge in [-0.2, -0.15) is 0 Å². The number of carbonyl (C=O) groups is 1. The summed E-state index contributed by atoms with van der Waals surface area (Å²) in [5.41, 5.74) is 0.469. The molecule has 0 fully saturated rings. The van der Waals surface area contributed by atoms with E-state index in [4.69, 9.17) is 7.85 Å². The number of rotatable bonds is 6. The van der Waals surface area contributed by atoms with E-state index in [2.05, 4.69) is 4.90 Å². The van der Waals surface area contributed by atoms with Crippen molar-refractivity contribution in [3.8, 4) is 0 Å². The maximum absolute atomic E-state index is 10.1. The molecule has 0 rings (SSSR count). The number of likely N-dealkylation sites (N-methyl/N-ethyl adjacent to an activating group) is 2. The summed E-state index contributed by atoms with van der Waals surface area (Å²) in [6.07, 6.45) is 5.58. The minimum absolute atomic E-state index is 0.469. The summed E-state index contributed by atoms with van der Waals surface area (Å²) in [6, 6.07) is 0. The maximum Gasteiger partial charge on any atom is 0.142 e. The van der Waals surface area contributed by atoms with Gasteiger partial charge in [0.1, 0.15) is 14.1 Å². The van der Waals surface area contributed by atoms with Crippen molar-refractivity contribution >= 4 is 14.1 Å². The third-order valence-electron chi connectivity index (χ3n) is 1.68. The van der Waals surface area contributed by atoms with E-state index in [0.717, 1.165) is 13.1 Å². The number of aldehydes is 1. The standard InChI is InChI=1S/C10H17BN2O/c1-12(2)7-8-13(3)6-4-10(11)5-9-14/h4-6,9H,7-8H2,1-3H3/b6-4-,10-5+.